The number of hydrogen-bond acceptors (Lipinski definition) is 2. The number of carbonyl (C=O) groups excluding carboxylic acids is 2. The van der Waals surface area contributed by atoms with E-state index in [1.54, 1.807) is 0 Å². The van der Waals surface area contributed by atoms with E-state index in [0.717, 1.165) is 19.5 Å². The Balaban J connectivity index is 2.54. The number of hydrogen-bond donors (Lipinski definition) is 0. The van der Waals surface area contributed by atoms with E-state index in [-0.39, 0.29) is 23.1 Å². The molecule has 0 radical (unpaired) electrons. The molecule has 2 amide bonds. The lowest BCUT2D eigenvalue weighted by atomic mass is 9.91. The van der Waals surface area contributed by atoms with E-state index in [4.69, 9.17) is 0 Å². The molecule has 0 aliphatic carbocycles. The highest BCUT2D eigenvalue weighted by Crippen LogP contribution is 2.20. The second kappa shape index (κ2) is 6.40. The van der Waals surface area contributed by atoms with Gasteiger partial charge in [0.25, 0.3) is 0 Å². The van der Waals surface area contributed by atoms with E-state index in [9.17, 15) is 9.59 Å². The van der Waals surface area contributed by atoms with Crippen LogP contribution in [0, 0.1) is 11.3 Å². The molecular weight excluding hydrogens is 240 g/mol. The summed E-state index contributed by atoms with van der Waals surface area (Å²) in [5.74, 6) is 0.452. The van der Waals surface area contributed by atoms with Crippen LogP contribution in [0.5, 0.6) is 0 Å². The maximum atomic E-state index is 12.2. The SMILES string of the molecule is CC(C)C(=O)N1CCCN(C(=O)CC(C)(C)C)CC1. The fourth-order valence-electron chi connectivity index (χ4n) is 2.32. The largest absolute Gasteiger partial charge is 0.341 e. The van der Waals surface area contributed by atoms with Gasteiger partial charge in [0.2, 0.25) is 11.8 Å². The van der Waals surface area contributed by atoms with Crippen molar-refractivity contribution in [2.24, 2.45) is 11.3 Å². The molecule has 0 atom stereocenters. The second-order valence-electron chi connectivity index (χ2n) is 6.95. The number of carbonyl (C=O) groups is 2. The number of rotatable bonds is 2. The van der Waals surface area contributed by atoms with Gasteiger partial charge in [-0.15, -0.1) is 0 Å². The average molecular weight is 268 g/mol. The highest BCUT2D eigenvalue weighted by atomic mass is 16.2. The molecule has 0 saturated carbocycles. The van der Waals surface area contributed by atoms with Crippen molar-refractivity contribution in [3.05, 3.63) is 0 Å². The van der Waals surface area contributed by atoms with Gasteiger partial charge >= 0.3 is 0 Å². The molecular formula is C15H28N2O2. The van der Waals surface area contributed by atoms with Crippen molar-refractivity contribution in [3.8, 4) is 0 Å². The first-order valence-electron chi connectivity index (χ1n) is 7.27. The normalized spacial score (nSPS) is 17.6. The predicted molar refractivity (Wildman–Crippen MR) is 76.7 cm³/mol. The van der Waals surface area contributed by atoms with Crippen molar-refractivity contribution in [2.45, 2.75) is 47.5 Å². The van der Waals surface area contributed by atoms with Gasteiger partial charge in [-0.3, -0.25) is 9.59 Å². The van der Waals surface area contributed by atoms with Crippen molar-refractivity contribution in [2.75, 3.05) is 26.2 Å². The molecule has 1 heterocycles. The molecule has 110 valence electrons. The molecule has 4 nitrogen and oxygen atoms in total. The Bertz CT molecular complexity index is 332. The van der Waals surface area contributed by atoms with Crippen LogP contribution in [0.15, 0.2) is 0 Å². The van der Waals surface area contributed by atoms with Crippen molar-refractivity contribution in [3.63, 3.8) is 0 Å². The summed E-state index contributed by atoms with van der Waals surface area (Å²) in [7, 11) is 0. The van der Waals surface area contributed by atoms with Crippen LogP contribution >= 0.6 is 0 Å². The van der Waals surface area contributed by atoms with Crippen LogP contribution in [0.4, 0.5) is 0 Å². The first kappa shape index (κ1) is 16.0. The summed E-state index contributed by atoms with van der Waals surface area (Å²) in [5, 5.41) is 0. The van der Waals surface area contributed by atoms with Gasteiger partial charge in [-0.05, 0) is 11.8 Å². The van der Waals surface area contributed by atoms with E-state index in [1.807, 2.05) is 23.6 Å². The lowest BCUT2D eigenvalue weighted by molar-refractivity contribution is -0.136. The fraction of sp³-hybridized carbons (Fsp3) is 0.867. The quantitative estimate of drug-likeness (QED) is 0.770. The first-order chi connectivity index (χ1) is 8.70. The molecule has 19 heavy (non-hydrogen) atoms. The highest BCUT2D eigenvalue weighted by Gasteiger charge is 2.25. The van der Waals surface area contributed by atoms with Gasteiger partial charge in [-0.1, -0.05) is 34.6 Å². The van der Waals surface area contributed by atoms with E-state index in [0.29, 0.717) is 19.5 Å². The Morgan fingerprint density at radius 1 is 1.00 bits per heavy atom. The van der Waals surface area contributed by atoms with Crippen molar-refractivity contribution < 1.29 is 9.59 Å². The Kier molecular flexibility index (Phi) is 5.39. The monoisotopic (exact) mass is 268 g/mol. The van der Waals surface area contributed by atoms with Crippen molar-refractivity contribution >= 4 is 11.8 Å². The standard InChI is InChI=1S/C15H28N2O2/c1-12(2)14(19)17-8-6-7-16(9-10-17)13(18)11-15(3,4)5/h12H,6-11H2,1-5H3. The summed E-state index contributed by atoms with van der Waals surface area (Å²) in [5.41, 5.74) is 0.0246. The van der Waals surface area contributed by atoms with Gasteiger partial charge in [-0.25, -0.2) is 0 Å². The van der Waals surface area contributed by atoms with Crippen molar-refractivity contribution in [1.29, 1.82) is 0 Å². The van der Waals surface area contributed by atoms with Crippen molar-refractivity contribution in [1.82, 2.24) is 9.80 Å². The zero-order valence-corrected chi connectivity index (χ0v) is 13.0. The van der Waals surface area contributed by atoms with E-state index >= 15 is 0 Å². The molecule has 1 saturated heterocycles. The fourth-order valence-corrected chi connectivity index (χ4v) is 2.32. The first-order valence-corrected chi connectivity index (χ1v) is 7.27. The van der Waals surface area contributed by atoms with Gasteiger partial charge in [0.15, 0.2) is 0 Å². The third kappa shape index (κ3) is 5.21. The maximum absolute atomic E-state index is 12.2. The van der Waals surface area contributed by atoms with E-state index < -0.39 is 0 Å². The minimum Gasteiger partial charge on any atom is -0.341 e. The molecule has 1 aliphatic heterocycles. The molecule has 0 spiro atoms. The molecule has 0 aromatic rings. The molecule has 0 aromatic heterocycles. The lowest BCUT2D eigenvalue weighted by Crippen LogP contribution is -2.39. The summed E-state index contributed by atoms with van der Waals surface area (Å²) in [6, 6.07) is 0. The Morgan fingerprint density at radius 2 is 1.53 bits per heavy atom. The van der Waals surface area contributed by atoms with Crippen LogP contribution in [-0.2, 0) is 9.59 Å². The summed E-state index contributed by atoms with van der Waals surface area (Å²) < 4.78 is 0. The van der Waals surface area contributed by atoms with Gasteiger partial charge in [-0.2, -0.15) is 0 Å². The molecule has 0 aromatic carbocycles. The molecule has 1 aliphatic rings. The van der Waals surface area contributed by atoms with Crippen LogP contribution < -0.4 is 0 Å². The Hall–Kier alpha value is -1.06. The molecule has 0 N–H and O–H groups in total. The topological polar surface area (TPSA) is 40.6 Å². The third-order valence-corrected chi connectivity index (χ3v) is 3.34. The molecule has 1 rings (SSSR count). The number of amides is 2. The zero-order chi connectivity index (χ0) is 14.6. The predicted octanol–water partition coefficient (Wildman–Crippen LogP) is 2.14. The van der Waals surface area contributed by atoms with Crippen LogP contribution in [0.1, 0.15) is 47.5 Å². The zero-order valence-electron chi connectivity index (χ0n) is 13.0. The van der Waals surface area contributed by atoms with E-state index in [1.165, 1.54) is 0 Å². The molecule has 1 fully saturated rings. The molecule has 0 bridgehead atoms. The van der Waals surface area contributed by atoms with Crippen LogP contribution in [0.3, 0.4) is 0 Å². The molecule has 0 unspecified atom stereocenters. The van der Waals surface area contributed by atoms with Crippen LogP contribution in [0.2, 0.25) is 0 Å². The Labute approximate surface area is 117 Å². The highest BCUT2D eigenvalue weighted by molar-refractivity contribution is 5.79. The minimum atomic E-state index is 0.0246. The summed E-state index contributed by atoms with van der Waals surface area (Å²) in [4.78, 5) is 28.0. The average Bonchev–Trinajstić information content (AvgIpc) is 2.50. The van der Waals surface area contributed by atoms with Gasteiger partial charge < -0.3 is 9.80 Å². The third-order valence-electron chi connectivity index (χ3n) is 3.34. The summed E-state index contributed by atoms with van der Waals surface area (Å²) >= 11 is 0. The lowest BCUT2D eigenvalue weighted by Gasteiger charge is -2.26. The van der Waals surface area contributed by atoms with Gasteiger partial charge in [0.1, 0.15) is 0 Å². The number of nitrogens with zero attached hydrogens (tertiary/aromatic N) is 2. The van der Waals surface area contributed by atoms with Gasteiger partial charge in [0, 0.05) is 38.5 Å². The van der Waals surface area contributed by atoms with E-state index in [2.05, 4.69) is 20.8 Å². The summed E-state index contributed by atoms with van der Waals surface area (Å²) in [6.45, 7) is 13.0. The smallest absolute Gasteiger partial charge is 0.225 e. The minimum absolute atomic E-state index is 0.0246. The van der Waals surface area contributed by atoms with Crippen LogP contribution in [-0.4, -0.2) is 47.8 Å². The Morgan fingerprint density at radius 3 is 2.05 bits per heavy atom. The second-order valence-corrected chi connectivity index (χ2v) is 6.95. The van der Waals surface area contributed by atoms with Crippen LogP contribution in [0.25, 0.3) is 0 Å². The molecule has 4 heteroatoms. The maximum Gasteiger partial charge on any atom is 0.225 e. The summed E-state index contributed by atoms with van der Waals surface area (Å²) in [6.07, 6.45) is 1.46. The van der Waals surface area contributed by atoms with Gasteiger partial charge in [0.05, 0.1) is 0 Å².